The first-order valence-electron chi connectivity index (χ1n) is 3.64. The molecule has 0 saturated carbocycles. The van der Waals surface area contributed by atoms with Gasteiger partial charge in [-0.3, -0.25) is 9.78 Å². The van der Waals surface area contributed by atoms with Crippen LogP contribution >= 0.6 is 10.7 Å². The van der Waals surface area contributed by atoms with E-state index in [2.05, 4.69) is 4.74 Å². The van der Waals surface area contributed by atoms with Crippen LogP contribution in [0.1, 0.15) is 0 Å². The maximum Gasteiger partial charge on any atom is 0.573 e. The van der Waals surface area contributed by atoms with Crippen LogP contribution in [0.15, 0.2) is 15.8 Å². The van der Waals surface area contributed by atoms with Crippen LogP contribution in [0.3, 0.4) is 0 Å². The second-order valence-electron chi connectivity index (χ2n) is 2.63. The van der Waals surface area contributed by atoms with Gasteiger partial charge in [0.25, 0.3) is 14.6 Å². The van der Waals surface area contributed by atoms with Gasteiger partial charge < -0.3 is 4.74 Å². The predicted octanol–water partition coefficient (Wildman–Crippen LogP) is 1.34. The van der Waals surface area contributed by atoms with Crippen molar-refractivity contribution in [2.24, 2.45) is 0 Å². The number of alkyl halides is 3. The molecule has 11 heteroatoms. The van der Waals surface area contributed by atoms with E-state index in [1.807, 2.05) is 0 Å². The summed E-state index contributed by atoms with van der Waals surface area (Å²) in [7, 11) is -0.0217. The van der Waals surface area contributed by atoms with Crippen molar-refractivity contribution in [1.82, 2.24) is 4.98 Å². The molecule has 0 saturated heterocycles. The Kier molecular flexibility index (Phi) is 3.39. The minimum Gasteiger partial charge on any atom is -0.398 e. The molecule has 1 rings (SSSR count). The fraction of sp³-hybridized carbons (Fsp3) is 0.167. The summed E-state index contributed by atoms with van der Waals surface area (Å²) < 4.78 is 73.2. The van der Waals surface area contributed by atoms with Crippen LogP contribution in [0.5, 0.6) is 5.75 Å². The van der Waals surface area contributed by atoms with Crippen LogP contribution in [0, 0.1) is 5.95 Å². The van der Waals surface area contributed by atoms with Crippen LogP contribution < -0.4 is 10.3 Å². The van der Waals surface area contributed by atoms with Crippen LogP contribution in [0.4, 0.5) is 17.6 Å². The lowest BCUT2D eigenvalue weighted by atomic mass is 10.4. The molecule has 0 radical (unpaired) electrons. The second-order valence-corrected chi connectivity index (χ2v) is 5.16. The summed E-state index contributed by atoms with van der Waals surface area (Å²) in [5, 5.41) is 0. The fourth-order valence-electron chi connectivity index (χ4n) is 0.887. The van der Waals surface area contributed by atoms with Crippen molar-refractivity contribution in [2.45, 2.75) is 11.3 Å². The monoisotopic (exact) mass is 295 g/mol. The molecule has 5 nitrogen and oxygen atoms in total. The van der Waals surface area contributed by atoms with E-state index >= 15 is 0 Å². The summed E-state index contributed by atoms with van der Waals surface area (Å²) in [6.45, 7) is 0. The van der Waals surface area contributed by atoms with Crippen molar-refractivity contribution in [3.8, 4) is 5.75 Å². The third-order valence-electron chi connectivity index (χ3n) is 1.40. The molecular formula is C6H2ClF4NO4S. The Morgan fingerprint density at radius 2 is 1.88 bits per heavy atom. The highest BCUT2D eigenvalue weighted by molar-refractivity contribution is 8.13. The maximum absolute atomic E-state index is 12.7. The molecule has 17 heavy (non-hydrogen) atoms. The molecule has 0 aliphatic carbocycles. The summed E-state index contributed by atoms with van der Waals surface area (Å²) in [5.41, 5.74) is -1.71. The lowest BCUT2D eigenvalue weighted by Gasteiger charge is -2.10. The van der Waals surface area contributed by atoms with E-state index in [1.54, 1.807) is 0 Å². The number of nitrogens with one attached hydrogen (secondary N) is 1. The molecule has 0 atom stereocenters. The number of pyridine rings is 1. The molecule has 0 aromatic carbocycles. The van der Waals surface area contributed by atoms with E-state index in [-0.39, 0.29) is 6.07 Å². The summed E-state index contributed by atoms with van der Waals surface area (Å²) in [4.78, 5) is 10.8. The molecule has 1 N–H and O–H groups in total. The lowest BCUT2D eigenvalue weighted by molar-refractivity contribution is -0.276. The first kappa shape index (κ1) is 13.8. The number of aromatic amines is 1. The quantitative estimate of drug-likeness (QED) is 0.507. The number of aromatic nitrogens is 1. The maximum atomic E-state index is 12.7. The van der Waals surface area contributed by atoms with Crippen molar-refractivity contribution >= 4 is 19.7 Å². The first-order chi connectivity index (χ1) is 7.50. The zero-order valence-corrected chi connectivity index (χ0v) is 9.08. The van der Waals surface area contributed by atoms with Crippen molar-refractivity contribution in [3.05, 3.63) is 22.4 Å². The number of rotatable bonds is 2. The largest absolute Gasteiger partial charge is 0.573 e. The van der Waals surface area contributed by atoms with Crippen molar-refractivity contribution in [3.63, 3.8) is 0 Å². The van der Waals surface area contributed by atoms with E-state index in [9.17, 15) is 30.8 Å². The molecule has 1 heterocycles. The Labute approximate surface area is 95.4 Å². The van der Waals surface area contributed by atoms with Gasteiger partial charge >= 0.3 is 6.36 Å². The van der Waals surface area contributed by atoms with Gasteiger partial charge in [0.15, 0.2) is 5.95 Å². The van der Waals surface area contributed by atoms with Gasteiger partial charge in [0, 0.05) is 16.7 Å². The van der Waals surface area contributed by atoms with Gasteiger partial charge in [0.05, 0.1) is 0 Å². The van der Waals surface area contributed by atoms with Crippen molar-refractivity contribution < 1.29 is 30.7 Å². The standard InChI is InChI=1S/C6H2ClF4NO4S/c7-17(14,15)2-1-3(8)12-5(13)4(2)16-6(9,10)11/h1H,(H,12,13). The molecule has 0 fully saturated rings. The number of ether oxygens (including phenoxy) is 1. The minimum absolute atomic E-state index is 0.102. The van der Waals surface area contributed by atoms with Gasteiger partial charge in [-0.25, -0.2) is 8.42 Å². The summed E-state index contributed by atoms with van der Waals surface area (Å²) in [6, 6.07) is 0.102. The Morgan fingerprint density at radius 3 is 2.29 bits per heavy atom. The third kappa shape index (κ3) is 3.60. The first-order valence-corrected chi connectivity index (χ1v) is 5.95. The van der Waals surface area contributed by atoms with Crippen LogP contribution in [0.25, 0.3) is 0 Å². The van der Waals surface area contributed by atoms with Gasteiger partial charge in [-0.15, -0.1) is 13.2 Å². The van der Waals surface area contributed by atoms with Crippen LogP contribution in [-0.2, 0) is 9.05 Å². The molecule has 0 aliphatic heterocycles. The summed E-state index contributed by atoms with van der Waals surface area (Å²) >= 11 is 0. The molecular weight excluding hydrogens is 294 g/mol. The summed E-state index contributed by atoms with van der Waals surface area (Å²) in [5.74, 6) is -3.11. The van der Waals surface area contributed by atoms with Crippen LogP contribution in [-0.4, -0.2) is 19.8 Å². The molecule has 0 bridgehead atoms. The van der Waals surface area contributed by atoms with Crippen molar-refractivity contribution in [2.75, 3.05) is 0 Å². The Bertz CT molecular complexity index is 593. The van der Waals surface area contributed by atoms with Gasteiger partial charge in [-0.1, -0.05) is 0 Å². The number of hydrogen-bond donors (Lipinski definition) is 1. The number of halogens is 5. The zero-order valence-electron chi connectivity index (χ0n) is 7.51. The zero-order chi connectivity index (χ0) is 13.4. The van der Waals surface area contributed by atoms with Crippen molar-refractivity contribution in [1.29, 1.82) is 0 Å². The number of hydrogen-bond acceptors (Lipinski definition) is 4. The van der Waals surface area contributed by atoms with Gasteiger partial charge in [0.2, 0.25) is 5.75 Å². The average molecular weight is 296 g/mol. The topological polar surface area (TPSA) is 76.2 Å². The van der Waals surface area contributed by atoms with Gasteiger partial charge in [-0.05, 0) is 0 Å². The highest BCUT2D eigenvalue weighted by Gasteiger charge is 2.35. The highest BCUT2D eigenvalue weighted by Crippen LogP contribution is 2.28. The van der Waals surface area contributed by atoms with Gasteiger partial charge in [0.1, 0.15) is 4.90 Å². The minimum atomic E-state index is -5.32. The van der Waals surface area contributed by atoms with E-state index in [4.69, 9.17) is 10.7 Å². The smallest absolute Gasteiger partial charge is 0.398 e. The van der Waals surface area contributed by atoms with Gasteiger partial charge in [-0.2, -0.15) is 4.39 Å². The molecule has 0 aliphatic rings. The predicted molar refractivity (Wildman–Crippen MR) is 46.7 cm³/mol. The summed E-state index contributed by atoms with van der Waals surface area (Å²) in [6.07, 6.45) is -5.32. The SMILES string of the molecule is O=c1[nH]c(F)cc(S(=O)(=O)Cl)c1OC(F)(F)F. The molecule has 96 valence electrons. The van der Waals surface area contributed by atoms with Crippen LogP contribution in [0.2, 0.25) is 0 Å². The molecule has 1 aromatic heterocycles. The molecule has 0 amide bonds. The molecule has 0 spiro atoms. The average Bonchev–Trinajstić information content (AvgIpc) is 2.05. The Morgan fingerprint density at radius 1 is 1.35 bits per heavy atom. The van der Waals surface area contributed by atoms with E-state index < -0.39 is 37.6 Å². The van der Waals surface area contributed by atoms with E-state index in [0.717, 1.165) is 0 Å². The highest BCUT2D eigenvalue weighted by atomic mass is 35.7. The fourth-order valence-corrected chi connectivity index (χ4v) is 1.83. The molecule has 1 aromatic rings. The van der Waals surface area contributed by atoms with E-state index in [1.165, 1.54) is 4.98 Å². The second kappa shape index (κ2) is 4.18. The third-order valence-corrected chi connectivity index (χ3v) is 2.73. The normalized spacial score (nSPS) is 12.5. The number of H-pyrrole nitrogens is 1. The Hall–Kier alpha value is -1.29. The molecule has 0 unspecified atom stereocenters. The Balaban J connectivity index is 3.53. The van der Waals surface area contributed by atoms with E-state index in [0.29, 0.717) is 0 Å². The lowest BCUT2D eigenvalue weighted by Crippen LogP contribution is -2.25.